The molecule has 204 valence electrons. The van der Waals surface area contributed by atoms with Crippen LogP contribution >= 0.6 is 11.6 Å². The Morgan fingerprint density at radius 1 is 1.03 bits per heavy atom. The fourth-order valence-electron chi connectivity index (χ4n) is 5.69. The van der Waals surface area contributed by atoms with Crippen LogP contribution in [0, 0.1) is 11.2 Å². The summed E-state index contributed by atoms with van der Waals surface area (Å²) in [4.78, 5) is 30.3. The zero-order valence-corrected chi connectivity index (χ0v) is 23.2. The van der Waals surface area contributed by atoms with Crippen LogP contribution in [0.2, 0.25) is 5.02 Å². The van der Waals surface area contributed by atoms with Crippen LogP contribution < -0.4 is 10.2 Å². The van der Waals surface area contributed by atoms with Gasteiger partial charge in [-0.1, -0.05) is 48.0 Å². The Kier molecular flexibility index (Phi) is 7.15. The fraction of sp³-hybridized carbons (Fsp3) is 0.310. The second-order valence-electron chi connectivity index (χ2n) is 10.2. The average Bonchev–Trinajstić information content (AvgIpc) is 2.92. The molecule has 7 nitrogen and oxygen atoms in total. The van der Waals surface area contributed by atoms with Crippen LogP contribution in [0.5, 0.6) is 0 Å². The number of rotatable bonds is 5. The van der Waals surface area contributed by atoms with Crippen molar-refractivity contribution < 1.29 is 22.4 Å². The van der Waals surface area contributed by atoms with Crippen LogP contribution in [0.25, 0.3) is 0 Å². The van der Waals surface area contributed by atoms with Gasteiger partial charge in [-0.25, -0.2) is 17.6 Å². The molecule has 10 heteroatoms. The third-order valence-electron chi connectivity index (χ3n) is 7.79. The van der Waals surface area contributed by atoms with Crippen molar-refractivity contribution in [3.63, 3.8) is 0 Å². The number of likely N-dealkylation sites (tertiary alicyclic amines) is 1. The molecule has 5 rings (SSSR count). The quantitative estimate of drug-likeness (QED) is 0.410. The van der Waals surface area contributed by atoms with Crippen molar-refractivity contribution in [2.45, 2.75) is 36.7 Å². The first-order chi connectivity index (χ1) is 18.5. The maximum Gasteiger partial charge on any atom is 0.317 e. The van der Waals surface area contributed by atoms with Gasteiger partial charge in [-0.2, -0.15) is 0 Å². The number of nitrogens with one attached hydrogen (secondary N) is 1. The normalized spacial score (nSPS) is 19.5. The molecule has 1 N–H and O–H groups in total. The molecule has 3 aromatic carbocycles. The highest BCUT2D eigenvalue weighted by atomic mass is 35.5. The van der Waals surface area contributed by atoms with Gasteiger partial charge in [0.1, 0.15) is 5.82 Å². The summed E-state index contributed by atoms with van der Waals surface area (Å²) in [5.74, 6) is -0.495. The lowest BCUT2D eigenvalue weighted by Gasteiger charge is -2.59. The zero-order valence-electron chi connectivity index (χ0n) is 21.6. The monoisotopic (exact) mass is 569 g/mol. The SMILES string of the molecule is C[C@H](NC(=O)N1CCC2(CC1)C(=O)N(c1ccccc1S(C)(=O)=O)C2c1ccc(Cl)cc1)c1ccc(F)cc1. The lowest BCUT2D eigenvalue weighted by molar-refractivity contribution is -0.144. The van der Waals surface area contributed by atoms with Crippen LogP contribution in [0.1, 0.15) is 43.0 Å². The van der Waals surface area contributed by atoms with Crippen molar-refractivity contribution in [1.29, 1.82) is 0 Å². The third-order valence-corrected chi connectivity index (χ3v) is 9.19. The van der Waals surface area contributed by atoms with Crippen LogP contribution in [0.4, 0.5) is 14.9 Å². The van der Waals surface area contributed by atoms with E-state index in [-0.39, 0.29) is 28.7 Å². The minimum atomic E-state index is -3.59. The lowest BCUT2D eigenvalue weighted by Crippen LogP contribution is -2.67. The van der Waals surface area contributed by atoms with E-state index in [4.69, 9.17) is 11.6 Å². The van der Waals surface area contributed by atoms with Gasteiger partial charge in [0, 0.05) is 24.4 Å². The van der Waals surface area contributed by atoms with Gasteiger partial charge in [0.25, 0.3) is 0 Å². The number of urea groups is 1. The Hall–Kier alpha value is -3.43. The van der Waals surface area contributed by atoms with Gasteiger partial charge in [0.2, 0.25) is 5.91 Å². The van der Waals surface area contributed by atoms with E-state index in [2.05, 4.69) is 5.32 Å². The number of piperidine rings is 1. The summed E-state index contributed by atoms with van der Waals surface area (Å²) in [6.45, 7) is 2.55. The van der Waals surface area contributed by atoms with E-state index in [0.717, 1.165) is 17.4 Å². The molecular weight excluding hydrogens is 541 g/mol. The molecule has 2 heterocycles. The molecule has 1 spiro atoms. The number of carbonyl (C=O) groups is 2. The number of carbonyl (C=O) groups excluding carboxylic acids is 2. The number of nitrogens with zero attached hydrogens (tertiary/aromatic N) is 2. The van der Waals surface area contributed by atoms with Crippen molar-refractivity contribution >= 4 is 39.1 Å². The summed E-state index contributed by atoms with van der Waals surface area (Å²) in [5, 5.41) is 3.51. The van der Waals surface area contributed by atoms with E-state index in [1.54, 1.807) is 52.3 Å². The third kappa shape index (κ3) is 5.01. The molecule has 3 aromatic rings. The van der Waals surface area contributed by atoms with Crippen LogP contribution in [0.3, 0.4) is 0 Å². The fourth-order valence-corrected chi connectivity index (χ4v) is 6.69. The highest BCUT2D eigenvalue weighted by Crippen LogP contribution is 2.58. The molecular formula is C29H29ClFN3O4S. The first-order valence-corrected chi connectivity index (χ1v) is 15.0. The van der Waals surface area contributed by atoms with Crippen molar-refractivity contribution in [3.05, 3.63) is 94.8 Å². The summed E-state index contributed by atoms with van der Waals surface area (Å²) in [6, 6.07) is 18.8. The number of benzene rings is 3. The summed E-state index contributed by atoms with van der Waals surface area (Å²) < 4.78 is 38.4. The number of halogens is 2. The molecule has 2 aliphatic rings. The van der Waals surface area contributed by atoms with Crippen LogP contribution in [-0.4, -0.2) is 44.6 Å². The summed E-state index contributed by atoms with van der Waals surface area (Å²) >= 11 is 6.14. The smallest absolute Gasteiger partial charge is 0.317 e. The Balaban J connectivity index is 1.39. The molecule has 0 saturated carbocycles. The lowest BCUT2D eigenvalue weighted by atomic mass is 9.62. The highest BCUT2D eigenvalue weighted by molar-refractivity contribution is 7.90. The standard InChI is InChI=1S/C29H29ClFN3O4S/c1-19(20-9-13-23(31)14-10-20)32-28(36)33-17-15-29(16-18-33)26(21-7-11-22(30)12-8-21)34(27(29)35)24-5-3-4-6-25(24)39(2,37)38/h3-14,19,26H,15-18H2,1-2H3,(H,32,36)/t19-,26?/m0/s1. The van der Waals surface area contributed by atoms with E-state index < -0.39 is 21.3 Å². The van der Waals surface area contributed by atoms with Gasteiger partial charge < -0.3 is 15.1 Å². The van der Waals surface area contributed by atoms with Crippen molar-refractivity contribution in [2.24, 2.45) is 5.41 Å². The predicted molar refractivity (Wildman–Crippen MR) is 148 cm³/mol. The average molecular weight is 570 g/mol. The highest BCUT2D eigenvalue weighted by Gasteiger charge is 2.62. The molecule has 0 aliphatic carbocycles. The molecule has 2 aliphatic heterocycles. The predicted octanol–water partition coefficient (Wildman–Crippen LogP) is 5.52. The number of hydrogen-bond acceptors (Lipinski definition) is 4. The van der Waals surface area contributed by atoms with Gasteiger partial charge in [0.15, 0.2) is 9.84 Å². The minimum absolute atomic E-state index is 0.0961. The molecule has 3 amide bonds. The second kappa shape index (κ2) is 10.3. The molecule has 2 fully saturated rings. The van der Waals surface area contributed by atoms with Gasteiger partial charge >= 0.3 is 6.03 Å². The molecule has 0 radical (unpaired) electrons. The van der Waals surface area contributed by atoms with Gasteiger partial charge in [-0.15, -0.1) is 0 Å². The second-order valence-corrected chi connectivity index (χ2v) is 12.7. The number of amides is 3. The van der Waals surface area contributed by atoms with Crippen LogP contribution in [-0.2, 0) is 14.6 Å². The Morgan fingerprint density at radius 2 is 1.64 bits per heavy atom. The van der Waals surface area contributed by atoms with E-state index in [1.165, 1.54) is 18.2 Å². The largest absolute Gasteiger partial charge is 0.331 e. The minimum Gasteiger partial charge on any atom is -0.331 e. The molecule has 2 atom stereocenters. The van der Waals surface area contributed by atoms with E-state index in [9.17, 15) is 22.4 Å². The zero-order chi connectivity index (χ0) is 27.9. The van der Waals surface area contributed by atoms with Gasteiger partial charge in [-0.3, -0.25) is 4.79 Å². The van der Waals surface area contributed by atoms with Crippen molar-refractivity contribution in [3.8, 4) is 0 Å². The number of β-lactam (4-membered cyclic amide) rings is 1. The molecule has 0 aromatic heterocycles. The first kappa shape index (κ1) is 27.1. The molecule has 0 bridgehead atoms. The number of para-hydroxylation sites is 1. The number of sulfone groups is 1. The maximum atomic E-state index is 13.9. The topological polar surface area (TPSA) is 86.8 Å². The first-order valence-electron chi connectivity index (χ1n) is 12.7. The van der Waals surface area contributed by atoms with Crippen molar-refractivity contribution in [1.82, 2.24) is 10.2 Å². The summed E-state index contributed by atoms with van der Waals surface area (Å²) in [6.07, 6.45) is 1.98. The van der Waals surface area contributed by atoms with Gasteiger partial charge in [0.05, 0.1) is 28.1 Å². The Bertz CT molecular complexity index is 1500. The van der Waals surface area contributed by atoms with E-state index in [1.807, 2.05) is 19.1 Å². The van der Waals surface area contributed by atoms with Crippen molar-refractivity contribution in [2.75, 3.05) is 24.2 Å². The Morgan fingerprint density at radius 3 is 2.26 bits per heavy atom. The molecule has 2 saturated heterocycles. The molecule has 39 heavy (non-hydrogen) atoms. The summed E-state index contributed by atoms with van der Waals surface area (Å²) in [5.41, 5.74) is 1.21. The van der Waals surface area contributed by atoms with Gasteiger partial charge in [-0.05, 0) is 67.3 Å². The Labute approximate surface area is 232 Å². The van der Waals surface area contributed by atoms with E-state index >= 15 is 0 Å². The van der Waals surface area contributed by atoms with E-state index in [0.29, 0.717) is 36.6 Å². The number of hydrogen-bond donors (Lipinski definition) is 1. The maximum absolute atomic E-state index is 13.9. The van der Waals surface area contributed by atoms with Crippen LogP contribution in [0.15, 0.2) is 77.7 Å². The summed E-state index contributed by atoms with van der Waals surface area (Å²) in [7, 11) is -3.59. The number of anilines is 1. The molecule has 1 unspecified atom stereocenters.